The molecule has 2 nitrogen and oxygen atoms in total. The largest absolute Gasteiger partial charge is 0.497 e. The van der Waals surface area contributed by atoms with Crippen LogP contribution in [0.1, 0.15) is 10.4 Å². The van der Waals surface area contributed by atoms with Crippen molar-refractivity contribution in [3.8, 4) is 5.75 Å². The third kappa shape index (κ3) is 4.81. The number of halogens is 5. The molecule has 0 saturated carbocycles. The van der Waals surface area contributed by atoms with Gasteiger partial charge in [-0.3, -0.25) is 0 Å². The first kappa shape index (κ1) is 15.2. The lowest BCUT2D eigenvalue weighted by molar-refractivity contribution is -0.173. The van der Waals surface area contributed by atoms with E-state index in [1.54, 1.807) is 0 Å². The van der Waals surface area contributed by atoms with E-state index < -0.39 is 23.4 Å². The molecule has 0 heterocycles. The van der Waals surface area contributed by atoms with Gasteiger partial charge in [0.15, 0.2) is 0 Å². The zero-order valence-corrected chi connectivity index (χ0v) is 11.0. The van der Waals surface area contributed by atoms with E-state index >= 15 is 0 Å². The first-order chi connectivity index (χ1) is 8.33. The Labute approximate surface area is 110 Å². The number of ether oxygens (including phenoxy) is 2. The van der Waals surface area contributed by atoms with Gasteiger partial charge in [0, 0.05) is 11.6 Å². The van der Waals surface area contributed by atoms with E-state index in [2.05, 4.69) is 20.7 Å². The summed E-state index contributed by atoms with van der Waals surface area (Å²) in [6.45, 7) is -1.63. The Morgan fingerprint density at radius 1 is 1.33 bits per heavy atom. The smallest absolute Gasteiger partial charge is 0.411 e. The monoisotopic (exact) mass is 330 g/mol. The van der Waals surface area contributed by atoms with Crippen LogP contribution >= 0.6 is 15.9 Å². The van der Waals surface area contributed by atoms with Gasteiger partial charge in [0.1, 0.15) is 18.2 Å². The zero-order chi connectivity index (χ0) is 13.8. The molecular weight excluding hydrogens is 320 g/mol. The Kier molecular flexibility index (Phi) is 5.40. The molecule has 1 atom stereocenters. The number of methoxy groups -OCH3 is 1. The molecule has 0 fully saturated rings. The molecule has 0 aliphatic carbocycles. The van der Waals surface area contributed by atoms with E-state index in [0.29, 0.717) is 5.75 Å². The fourth-order valence-electron chi connectivity index (χ4n) is 1.26. The average Bonchev–Trinajstić information content (AvgIpc) is 2.26. The van der Waals surface area contributed by atoms with Crippen LogP contribution in [-0.2, 0) is 4.74 Å². The van der Waals surface area contributed by atoms with Crippen LogP contribution in [0.15, 0.2) is 18.2 Å². The van der Waals surface area contributed by atoms with E-state index in [0.717, 1.165) is 6.07 Å². The summed E-state index contributed by atoms with van der Waals surface area (Å²) in [4.78, 5) is -0.647. The minimum atomic E-state index is -4.38. The predicted octanol–water partition coefficient (Wildman–Crippen LogP) is 3.85. The maximum Gasteiger partial charge on any atom is 0.411 e. The second-order valence-corrected chi connectivity index (χ2v) is 4.59. The number of benzene rings is 1. The molecule has 0 aromatic heterocycles. The van der Waals surface area contributed by atoms with Gasteiger partial charge in [0.2, 0.25) is 0 Å². The lowest BCUT2D eigenvalue weighted by atomic mass is 10.1. The highest BCUT2D eigenvalue weighted by molar-refractivity contribution is 9.09. The number of alkyl halides is 4. The molecule has 18 heavy (non-hydrogen) atoms. The molecule has 7 heteroatoms. The van der Waals surface area contributed by atoms with Crippen LogP contribution in [0, 0.1) is 5.82 Å². The van der Waals surface area contributed by atoms with Gasteiger partial charge in [-0.15, -0.1) is 0 Å². The molecule has 1 aromatic carbocycles. The van der Waals surface area contributed by atoms with Gasteiger partial charge in [-0.25, -0.2) is 4.39 Å². The maximum absolute atomic E-state index is 13.6. The fourth-order valence-corrected chi connectivity index (χ4v) is 1.81. The van der Waals surface area contributed by atoms with E-state index in [-0.39, 0.29) is 12.2 Å². The van der Waals surface area contributed by atoms with Gasteiger partial charge in [-0.2, -0.15) is 13.2 Å². The second kappa shape index (κ2) is 6.38. The fraction of sp³-hybridized carbons (Fsp3) is 0.455. The summed E-state index contributed by atoms with van der Waals surface area (Å²) in [6.07, 6.45) is -4.38. The summed E-state index contributed by atoms with van der Waals surface area (Å²) in [7, 11) is 1.40. The first-order valence-corrected chi connectivity index (χ1v) is 5.87. The highest BCUT2D eigenvalue weighted by Crippen LogP contribution is 2.28. The Morgan fingerprint density at radius 3 is 2.50 bits per heavy atom. The van der Waals surface area contributed by atoms with Crippen LogP contribution < -0.4 is 4.74 Å². The van der Waals surface area contributed by atoms with Crippen molar-refractivity contribution in [2.45, 2.75) is 11.0 Å². The third-order valence-electron chi connectivity index (χ3n) is 2.07. The second-order valence-electron chi connectivity index (χ2n) is 3.49. The first-order valence-electron chi connectivity index (χ1n) is 4.95. The average molecular weight is 331 g/mol. The number of hydrogen-bond donors (Lipinski definition) is 0. The van der Waals surface area contributed by atoms with Crippen molar-refractivity contribution in [1.82, 2.24) is 0 Å². The molecule has 0 aliphatic heterocycles. The Balaban J connectivity index is 2.59. The maximum atomic E-state index is 13.6. The molecule has 0 saturated heterocycles. The lowest BCUT2D eigenvalue weighted by Crippen LogP contribution is -2.18. The molecule has 102 valence electrons. The molecule has 0 radical (unpaired) electrons. The van der Waals surface area contributed by atoms with E-state index in [1.807, 2.05) is 0 Å². The molecule has 0 aliphatic rings. The molecule has 0 bridgehead atoms. The highest BCUT2D eigenvalue weighted by atomic mass is 79.9. The van der Waals surface area contributed by atoms with E-state index in [1.165, 1.54) is 19.2 Å². The molecule has 1 unspecified atom stereocenters. The topological polar surface area (TPSA) is 18.5 Å². The summed E-state index contributed by atoms with van der Waals surface area (Å²) in [5.41, 5.74) is 0.220. The van der Waals surface area contributed by atoms with Crippen LogP contribution in [0.2, 0.25) is 0 Å². The van der Waals surface area contributed by atoms with Crippen molar-refractivity contribution in [2.75, 3.05) is 20.3 Å². The van der Waals surface area contributed by atoms with Crippen molar-refractivity contribution in [3.63, 3.8) is 0 Å². The highest BCUT2D eigenvalue weighted by Gasteiger charge is 2.28. The Morgan fingerprint density at radius 2 is 2.00 bits per heavy atom. The summed E-state index contributed by atoms with van der Waals surface area (Å²) in [5.74, 6) is -0.223. The van der Waals surface area contributed by atoms with Crippen molar-refractivity contribution in [2.24, 2.45) is 0 Å². The molecular formula is C11H11BrF4O2. The summed E-state index contributed by atoms with van der Waals surface area (Å²) >= 11 is 3.08. The van der Waals surface area contributed by atoms with Crippen molar-refractivity contribution in [1.29, 1.82) is 0 Å². The van der Waals surface area contributed by atoms with E-state index in [4.69, 9.17) is 4.74 Å². The van der Waals surface area contributed by atoms with Crippen molar-refractivity contribution in [3.05, 3.63) is 29.6 Å². The quantitative estimate of drug-likeness (QED) is 0.603. The normalized spacial score (nSPS) is 13.4. The Bertz CT molecular complexity index is 395. The van der Waals surface area contributed by atoms with Gasteiger partial charge in [-0.1, -0.05) is 22.0 Å². The van der Waals surface area contributed by atoms with Gasteiger partial charge in [0.05, 0.1) is 18.5 Å². The standard InChI is InChI=1S/C11H11BrF4O2/c1-17-7-2-3-8(10(13)4-7)9(12)5-18-6-11(14,15)16/h2-4,9H,5-6H2,1H3. The van der Waals surface area contributed by atoms with E-state index in [9.17, 15) is 17.6 Å². The van der Waals surface area contributed by atoms with Crippen LogP contribution in [0.25, 0.3) is 0 Å². The van der Waals surface area contributed by atoms with Gasteiger partial charge in [-0.05, 0) is 6.07 Å². The van der Waals surface area contributed by atoms with Crippen LogP contribution in [-0.4, -0.2) is 26.5 Å². The minimum Gasteiger partial charge on any atom is -0.497 e. The zero-order valence-electron chi connectivity index (χ0n) is 9.43. The number of rotatable bonds is 5. The van der Waals surface area contributed by atoms with Crippen LogP contribution in [0.3, 0.4) is 0 Å². The molecule has 0 N–H and O–H groups in total. The van der Waals surface area contributed by atoms with Crippen LogP contribution in [0.4, 0.5) is 17.6 Å². The van der Waals surface area contributed by atoms with Gasteiger partial charge < -0.3 is 9.47 Å². The molecule has 0 amide bonds. The third-order valence-corrected chi connectivity index (χ3v) is 2.83. The summed E-state index contributed by atoms with van der Waals surface area (Å²) in [5, 5.41) is 0. The summed E-state index contributed by atoms with van der Waals surface area (Å²) < 4.78 is 58.4. The molecule has 1 aromatic rings. The Hall–Kier alpha value is -0.820. The van der Waals surface area contributed by atoms with Gasteiger partial charge in [0.25, 0.3) is 0 Å². The van der Waals surface area contributed by atoms with Crippen molar-refractivity contribution >= 4 is 15.9 Å². The van der Waals surface area contributed by atoms with Gasteiger partial charge >= 0.3 is 6.18 Å². The molecule has 0 spiro atoms. The minimum absolute atomic E-state index is 0.220. The molecule has 1 rings (SSSR count). The predicted molar refractivity (Wildman–Crippen MR) is 61.5 cm³/mol. The lowest BCUT2D eigenvalue weighted by Gasteiger charge is -2.13. The number of hydrogen-bond acceptors (Lipinski definition) is 2. The summed E-state index contributed by atoms with van der Waals surface area (Å²) in [6, 6.07) is 4.12. The SMILES string of the molecule is COc1ccc(C(Br)COCC(F)(F)F)c(F)c1. The van der Waals surface area contributed by atoms with Crippen LogP contribution in [0.5, 0.6) is 5.75 Å². The van der Waals surface area contributed by atoms with Crippen molar-refractivity contribution < 1.29 is 27.0 Å².